The van der Waals surface area contributed by atoms with Crippen LogP contribution in [0.1, 0.15) is 35.9 Å². The lowest BCUT2D eigenvalue weighted by Gasteiger charge is -2.13. The van der Waals surface area contributed by atoms with Gasteiger partial charge in [0.15, 0.2) is 5.69 Å². The van der Waals surface area contributed by atoms with E-state index in [9.17, 15) is 4.79 Å². The Morgan fingerprint density at radius 3 is 2.56 bits per heavy atom. The summed E-state index contributed by atoms with van der Waals surface area (Å²) in [7, 11) is 3.97. The molecule has 0 fully saturated rings. The van der Waals surface area contributed by atoms with E-state index in [0.29, 0.717) is 6.54 Å². The molecule has 16 heavy (non-hydrogen) atoms. The Morgan fingerprint density at radius 2 is 2.12 bits per heavy atom. The molecule has 0 bridgehead atoms. The van der Waals surface area contributed by atoms with E-state index in [1.54, 1.807) is 4.68 Å². The SMILES string of the molecule is CC(C)c1c(C(N)=O)nnn1CCN(C)C. The first-order chi connectivity index (χ1) is 7.43. The molecule has 1 amide bonds. The van der Waals surface area contributed by atoms with Crippen molar-refractivity contribution < 1.29 is 4.79 Å². The van der Waals surface area contributed by atoms with E-state index in [0.717, 1.165) is 12.2 Å². The summed E-state index contributed by atoms with van der Waals surface area (Å²) in [5.41, 5.74) is 6.36. The molecule has 0 spiro atoms. The lowest BCUT2D eigenvalue weighted by molar-refractivity contribution is 0.0994. The largest absolute Gasteiger partial charge is 0.364 e. The van der Waals surface area contributed by atoms with Crippen LogP contribution in [-0.4, -0.2) is 46.4 Å². The molecule has 0 aliphatic heterocycles. The predicted octanol–water partition coefficient (Wildman–Crippen LogP) is 0.0620. The van der Waals surface area contributed by atoms with Crippen molar-refractivity contribution in [2.45, 2.75) is 26.3 Å². The van der Waals surface area contributed by atoms with Crippen molar-refractivity contribution in [3.8, 4) is 0 Å². The topological polar surface area (TPSA) is 77.0 Å². The fourth-order valence-electron chi connectivity index (χ4n) is 1.53. The summed E-state index contributed by atoms with van der Waals surface area (Å²) in [5.74, 6) is -0.334. The number of carbonyl (C=O) groups is 1. The van der Waals surface area contributed by atoms with Gasteiger partial charge in [-0.15, -0.1) is 5.10 Å². The first kappa shape index (κ1) is 12.6. The Balaban J connectivity index is 2.96. The van der Waals surface area contributed by atoms with Gasteiger partial charge in [-0.25, -0.2) is 4.68 Å². The fourth-order valence-corrected chi connectivity index (χ4v) is 1.53. The van der Waals surface area contributed by atoms with Gasteiger partial charge in [0, 0.05) is 6.54 Å². The van der Waals surface area contributed by atoms with E-state index < -0.39 is 5.91 Å². The van der Waals surface area contributed by atoms with Crippen molar-refractivity contribution in [2.75, 3.05) is 20.6 Å². The van der Waals surface area contributed by atoms with Gasteiger partial charge in [0.05, 0.1) is 12.2 Å². The maximum Gasteiger partial charge on any atom is 0.271 e. The van der Waals surface area contributed by atoms with Gasteiger partial charge in [0.2, 0.25) is 0 Å². The third-order valence-electron chi connectivity index (χ3n) is 2.31. The monoisotopic (exact) mass is 225 g/mol. The maximum atomic E-state index is 11.2. The van der Waals surface area contributed by atoms with E-state index in [1.807, 2.05) is 27.9 Å². The Hall–Kier alpha value is -1.43. The molecule has 1 aromatic rings. The molecule has 1 heterocycles. The zero-order chi connectivity index (χ0) is 12.3. The summed E-state index contributed by atoms with van der Waals surface area (Å²) in [6, 6.07) is 0. The van der Waals surface area contributed by atoms with Crippen LogP contribution in [0.3, 0.4) is 0 Å². The average molecular weight is 225 g/mol. The zero-order valence-corrected chi connectivity index (χ0v) is 10.3. The third kappa shape index (κ3) is 2.79. The van der Waals surface area contributed by atoms with Crippen LogP contribution in [0, 0.1) is 0 Å². The second-order valence-electron chi connectivity index (χ2n) is 4.37. The standard InChI is InChI=1S/C10H19N5O/c1-7(2)9-8(10(11)16)12-13-15(9)6-5-14(3)4/h7H,5-6H2,1-4H3,(H2,11,16). The second-order valence-corrected chi connectivity index (χ2v) is 4.37. The number of nitrogens with two attached hydrogens (primary N) is 1. The average Bonchev–Trinajstić information content (AvgIpc) is 2.57. The van der Waals surface area contributed by atoms with Crippen LogP contribution in [-0.2, 0) is 6.54 Å². The minimum absolute atomic E-state index is 0.180. The molecule has 0 saturated carbocycles. The number of amides is 1. The Bertz CT molecular complexity index is 369. The Morgan fingerprint density at radius 1 is 1.50 bits per heavy atom. The smallest absolute Gasteiger partial charge is 0.271 e. The molecule has 0 atom stereocenters. The number of likely N-dealkylation sites (N-methyl/N-ethyl adjacent to an activating group) is 1. The highest BCUT2D eigenvalue weighted by Crippen LogP contribution is 2.16. The van der Waals surface area contributed by atoms with Crippen molar-refractivity contribution in [1.82, 2.24) is 19.9 Å². The van der Waals surface area contributed by atoms with Crippen molar-refractivity contribution in [3.05, 3.63) is 11.4 Å². The number of hydrogen-bond acceptors (Lipinski definition) is 4. The minimum atomic E-state index is -0.514. The molecule has 0 unspecified atom stereocenters. The van der Waals surface area contributed by atoms with E-state index >= 15 is 0 Å². The molecular formula is C10H19N5O. The van der Waals surface area contributed by atoms with Gasteiger partial charge in [0.1, 0.15) is 0 Å². The highest BCUT2D eigenvalue weighted by Gasteiger charge is 2.19. The van der Waals surface area contributed by atoms with Gasteiger partial charge in [0.25, 0.3) is 5.91 Å². The van der Waals surface area contributed by atoms with E-state index in [1.165, 1.54) is 0 Å². The summed E-state index contributed by atoms with van der Waals surface area (Å²) in [6.45, 7) is 5.55. The molecule has 6 nitrogen and oxygen atoms in total. The first-order valence-corrected chi connectivity index (χ1v) is 5.31. The van der Waals surface area contributed by atoms with Crippen molar-refractivity contribution >= 4 is 5.91 Å². The van der Waals surface area contributed by atoms with Gasteiger partial charge < -0.3 is 10.6 Å². The van der Waals surface area contributed by atoms with Crippen LogP contribution in [0.4, 0.5) is 0 Å². The summed E-state index contributed by atoms with van der Waals surface area (Å²) in [4.78, 5) is 13.2. The molecule has 6 heteroatoms. The summed E-state index contributed by atoms with van der Waals surface area (Å²) in [6.07, 6.45) is 0. The Labute approximate surface area is 95.4 Å². The first-order valence-electron chi connectivity index (χ1n) is 5.31. The molecule has 0 radical (unpaired) electrons. The van der Waals surface area contributed by atoms with E-state index in [4.69, 9.17) is 5.73 Å². The highest BCUT2D eigenvalue weighted by atomic mass is 16.1. The fraction of sp³-hybridized carbons (Fsp3) is 0.700. The van der Waals surface area contributed by atoms with Crippen LogP contribution >= 0.6 is 0 Å². The summed E-state index contributed by atoms with van der Waals surface area (Å²) < 4.78 is 1.75. The Kier molecular flexibility index (Phi) is 4.00. The van der Waals surface area contributed by atoms with Crippen LogP contribution in [0.15, 0.2) is 0 Å². The third-order valence-corrected chi connectivity index (χ3v) is 2.31. The van der Waals surface area contributed by atoms with Gasteiger partial charge in [-0.2, -0.15) is 0 Å². The summed E-state index contributed by atoms with van der Waals surface area (Å²) >= 11 is 0. The van der Waals surface area contributed by atoms with Crippen molar-refractivity contribution in [3.63, 3.8) is 0 Å². The number of carbonyl (C=O) groups excluding carboxylic acids is 1. The van der Waals surface area contributed by atoms with Gasteiger partial charge in [-0.05, 0) is 20.0 Å². The molecule has 2 N–H and O–H groups in total. The number of nitrogens with zero attached hydrogens (tertiary/aromatic N) is 4. The molecular weight excluding hydrogens is 206 g/mol. The van der Waals surface area contributed by atoms with Crippen LogP contribution in [0.25, 0.3) is 0 Å². The lowest BCUT2D eigenvalue weighted by atomic mass is 10.1. The zero-order valence-electron chi connectivity index (χ0n) is 10.3. The minimum Gasteiger partial charge on any atom is -0.364 e. The number of primary amides is 1. The molecule has 1 rings (SSSR count). The predicted molar refractivity (Wildman–Crippen MR) is 61.2 cm³/mol. The van der Waals surface area contributed by atoms with Crippen LogP contribution in [0.5, 0.6) is 0 Å². The highest BCUT2D eigenvalue weighted by molar-refractivity contribution is 5.91. The molecule has 0 aliphatic rings. The normalized spacial score (nSPS) is 11.4. The molecule has 0 aromatic carbocycles. The number of aromatic nitrogens is 3. The second kappa shape index (κ2) is 5.07. The van der Waals surface area contributed by atoms with Crippen molar-refractivity contribution in [2.24, 2.45) is 5.73 Å². The van der Waals surface area contributed by atoms with Crippen LogP contribution in [0.2, 0.25) is 0 Å². The molecule has 0 aliphatic carbocycles. The van der Waals surface area contributed by atoms with E-state index in [-0.39, 0.29) is 11.6 Å². The molecule has 1 aromatic heterocycles. The number of hydrogen-bond donors (Lipinski definition) is 1. The maximum absolute atomic E-state index is 11.2. The van der Waals surface area contributed by atoms with Gasteiger partial charge in [-0.1, -0.05) is 19.1 Å². The van der Waals surface area contributed by atoms with Crippen molar-refractivity contribution in [1.29, 1.82) is 0 Å². The summed E-state index contributed by atoms with van der Waals surface area (Å²) in [5, 5.41) is 7.80. The molecule has 90 valence electrons. The molecule has 0 saturated heterocycles. The van der Waals surface area contributed by atoms with E-state index in [2.05, 4.69) is 15.2 Å². The lowest BCUT2D eigenvalue weighted by Crippen LogP contribution is -2.21. The van der Waals surface area contributed by atoms with Gasteiger partial charge >= 0.3 is 0 Å². The number of rotatable bonds is 5. The van der Waals surface area contributed by atoms with Crippen LogP contribution < -0.4 is 5.73 Å². The van der Waals surface area contributed by atoms with Gasteiger partial charge in [-0.3, -0.25) is 4.79 Å². The quantitative estimate of drug-likeness (QED) is 0.768.